The maximum absolute atomic E-state index is 12.5. The predicted octanol–water partition coefficient (Wildman–Crippen LogP) is 1.32. The molecular formula is C17H27N3O2. The number of aromatic nitrogens is 1. The summed E-state index contributed by atoms with van der Waals surface area (Å²) in [5.41, 5.74) is 0.00879. The molecule has 0 radical (unpaired) electrons. The van der Waals surface area contributed by atoms with E-state index in [9.17, 15) is 4.79 Å². The zero-order valence-electron chi connectivity index (χ0n) is 13.3. The lowest BCUT2D eigenvalue weighted by molar-refractivity contribution is 0.233. The smallest absolute Gasteiger partial charge is 0.292 e. The second kappa shape index (κ2) is 7.79. The Bertz CT molecular complexity index is 517. The zero-order valence-corrected chi connectivity index (χ0v) is 13.3. The Hall–Kier alpha value is -1.33. The summed E-state index contributed by atoms with van der Waals surface area (Å²) in [5, 5.41) is 3.40. The molecule has 1 N–H and O–H groups in total. The van der Waals surface area contributed by atoms with Gasteiger partial charge in [0.25, 0.3) is 5.56 Å². The second-order valence-electron chi connectivity index (χ2n) is 6.44. The van der Waals surface area contributed by atoms with Crippen LogP contribution in [0.1, 0.15) is 25.7 Å². The lowest BCUT2D eigenvalue weighted by Gasteiger charge is -2.23. The third-order valence-corrected chi connectivity index (χ3v) is 4.70. The van der Waals surface area contributed by atoms with Gasteiger partial charge in [-0.05, 0) is 69.9 Å². The van der Waals surface area contributed by atoms with E-state index in [-0.39, 0.29) is 5.56 Å². The number of hydrogen-bond donors (Lipinski definition) is 1. The highest BCUT2D eigenvalue weighted by atomic mass is 16.5. The van der Waals surface area contributed by atoms with E-state index in [0.29, 0.717) is 18.3 Å². The molecule has 0 amide bonds. The average Bonchev–Trinajstić information content (AvgIpc) is 3.05. The standard InChI is InChI=1S/C17H27N3O2/c21-17-16(22-12-11-19-8-1-2-9-19)6-4-10-20(17)14-15-5-3-7-18-13-15/h4,6,10,15,18H,1-3,5,7-9,11-14H2. The Kier molecular flexibility index (Phi) is 5.51. The number of nitrogens with zero attached hydrogens (tertiary/aromatic N) is 2. The fourth-order valence-electron chi connectivity index (χ4n) is 3.42. The topological polar surface area (TPSA) is 46.5 Å². The van der Waals surface area contributed by atoms with E-state index in [1.54, 1.807) is 6.07 Å². The Labute approximate surface area is 132 Å². The van der Waals surface area contributed by atoms with Gasteiger partial charge in [0.2, 0.25) is 0 Å². The summed E-state index contributed by atoms with van der Waals surface area (Å²) in [7, 11) is 0. The summed E-state index contributed by atoms with van der Waals surface area (Å²) in [4.78, 5) is 14.9. The van der Waals surface area contributed by atoms with Crippen LogP contribution in [0.3, 0.4) is 0 Å². The first-order chi connectivity index (χ1) is 10.8. The molecule has 3 rings (SSSR count). The van der Waals surface area contributed by atoms with Crippen LogP contribution in [-0.4, -0.2) is 48.8 Å². The van der Waals surface area contributed by atoms with Gasteiger partial charge in [-0.25, -0.2) is 0 Å². The van der Waals surface area contributed by atoms with Crippen molar-refractivity contribution in [2.24, 2.45) is 5.92 Å². The van der Waals surface area contributed by atoms with Gasteiger partial charge in [-0.2, -0.15) is 0 Å². The van der Waals surface area contributed by atoms with E-state index in [4.69, 9.17) is 4.74 Å². The van der Waals surface area contributed by atoms with Crippen molar-refractivity contribution < 1.29 is 4.74 Å². The molecular weight excluding hydrogens is 278 g/mol. The minimum absolute atomic E-state index is 0.00879. The van der Waals surface area contributed by atoms with Gasteiger partial charge in [0, 0.05) is 19.3 Å². The normalized spacial score (nSPS) is 22.8. The quantitative estimate of drug-likeness (QED) is 0.861. The number of rotatable bonds is 6. The molecule has 2 saturated heterocycles. The third kappa shape index (κ3) is 4.11. The van der Waals surface area contributed by atoms with Gasteiger partial charge in [-0.1, -0.05) is 0 Å². The van der Waals surface area contributed by atoms with E-state index in [1.165, 1.54) is 25.7 Å². The van der Waals surface area contributed by atoms with E-state index in [1.807, 2.05) is 16.8 Å². The van der Waals surface area contributed by atoms with Crippen LogP contribution in [0, 0.1) is 5.92 Å². The number of hydrogen-bond acceptors (Lipinski definition) is 4. The van der Waals surface area contributed by atoms with Crippen LogP contribution in [0.2, 0.25) is 0 Å². The van der Waals surface area contributed by atoms with Crippen LogP contribution in [0.5, 0.6) is 5.75 Å². The molecule has 1 unspecified atom stereocenters. The van der Waals surface area contributed by atoms with Gasteiger partial charge >= 0.3 is 0 Å². The van der Waals surface area contributed by atoms with Crippen LogP contribution < -0.4 is 15.6 Å². The van der Waals surface area contributed by atoms with Crippen LogP contribution in [0.15, 0.2) is 23.1 Å². The maximum Gasteiger partial charge on any atom is 0.292 e. The Morgan fingerprint density at radius 1 is 1.27 bits per heavy atom. The average molecular weight is 305 g/mol. The van der Waals surface area contributed by atoms with E-state index < -0.39 is 0 Å². The SMILES string of the molecule is O=c1c(OCCN2CCCC2)cccn1CC1CCCNC1. The number of ether oxygens (including phenoxy) is 1. The molecule has 2 aliphatic heterocycles. The molecule has 122 valence electrons. The van der Waals surface area contributed by atoms with E-state index >= 15 is 0 Å². The highest BCUT2D eigenvalue weighted by Gasteiger charge is 2.15. The number of likely N-dealkylation sites (tertiary alicyclic amines) is 1. The molecule has 5 nitrogen and oxygen atoms in total. The summed E-state index contributed by atoms with van der Waals surface area (Å²) >= 11 is 0. The van der Waals surface area contributed by atoms with Crippen molar-refractivity contribution in [2.45, 2.75) is 32.2 Å². The molecule has 2 aliphatic rings. The Morgan fingerprint density at radius 3 is 2.91 bits per heavy atom. The minimum Gasteiger partial charge on any atom is -0.487 e. The van der Waals surface area contributed by atoms with Crippen molar-refractivity contribution in [1.82, 2.24) is 14.8 Å². The molecule has 1 aromatic heterocycles. The van der Waals surface area contributed by atoms with Crippen molar-refractivity contribution in [3.05, 3.63) is 28.7 Å². The molecule has 0 bridgehead atoms. The monoisotopic (exact) mass is 305 g/mol. The molecule has 0 spiro atoms. The highest BCUT2D eigenvalue weighted by Crippen LogP contribution is 2.13. The zero-order chi connectivity index (χ0) is 15.2. The summed E-state index contributed by atoms with van der Waals surface area (Å²) in [6.45, 7) is 6.74. The van der Waals surface area contributed by atoms with Crippen LogP contribution >= 0.6 is 0 Å². The van der Waals surface area contributed by atoms with Crippen LogP contribution in [-0.2, 0) is 6.54 Å². The molecule has 5 heteroatoms. The summed E-state index contributed by atoms with van der Waals surface area (Å²) in [6, 6.07) is 3.71. The van der Waals surface area contributed by atoms with Gasteiger partial charge in [-0.15, -0.1) is 0 Å². The third-order valence-electron chi connectivity index (χ3n) is 4.70. The van der Waals surface area contributed by atoms with E-state index in [2.05, 4.69) is 10.2 Å². The molecule has 22 heavy (non-hydrogen) atoms. The van der Waals surface area contributed by atoms with Gasteiger partial charge in [-0.3, -0.25) is 9.69 Å². The minimum atomic E-state index is 0.00879. The number of piperidine rings is 1. The molecule has 0 saturated carbocycles. The van der Waals surface area contributed by atoms with Crippen LogP contribution in [0.25, 0.3) is 0 Å². The van der Waals surface area contributed by atoms with Crippen molar-refractivity contribution in [2.75, 3.05) is 39.3 Å². The molecule has 1 aromatic rings. The van der Waals surface area contributed by atoms with Gasteiger partial charge < -0.3 is 14.6 Å². The molecule has 3 heterocycles. The van der Waals surface area contributed by atoms with Crippen molar-refractivity contribution >= 4 is 0 Å². The number of nitrogens with one attached hydrogen (secondary N) is 1. The second-order valence-corrected chi connectivity index (χ2v) is 6.44. The maximum atomic E-state index is 12.5. The lowest BCUT2D eigenvalue weighted by atomic mass is 10.00. The largest absolute Gasteiger partial charge is 0.487 e. The molecule has 0 aliphatic carbocycles. The van der Waals surface area contributed by atoms with Gasteiger partial charge in [0.05, 0.1) is 0 Å². The molecule has 2 fully saturated rings. The first-order valence-electron chi connectivity index (χ1n) is 8.58. The first-order valence-corrected chi connectivity index (χ1v) is 8.58. The first kappa shape index (κ1) is 15.6. The Balaban J connectivity index is 1.55. The van der Waals surface area contributed by atoms with Gasteiger partial charge in [0.15, 0.2) is 5.75 Å². The van der Waals surface area contributed by atoms with Crippen molar-refractivity contribution in [1.29, 1.82) is 0 Å². The summed E-state index contributed by atoms with van der Waals surface area (Å²) in [6.07, 6.45) is 6.84. The fourth-order valence-corrected chi connectivity index (χ4v) is 3.42. The Morgan fingerprint density at radius 2 is 2.14 bits per heavy atom. The molecule has 1 atom stereocenters. The van der Waals surface area contributed by atoms with Crippen LogP contribution in [0.4, 0.5) is 0 Å². The molecule has 0 aromatic carbocycles. The lowest BCUT2D eigenvalue weighted by Crippen LogP contribution is -2.35. The van der Waals surface area contributed by atoms with Crippen molar-refractivity contribution in [3.63, 3.8) is 0 Å². The predicted molar refractivity (Wildman–Crippen MR) is 87.5 cm³/mol. The highest BCUT2D eigenvalue weighted by molar-refractivity contribution is 5.17. The fraction of sp³-hybridized carbons (Fsp3) is 0.706. The number of pyridine rings is 1. The van der Waals surface area contributed by atoms with Crippen molar-refractivity contribution in [3.8, 4) is 5.75 Å². The van der Waals surface area contributed by atoms with E-state index in [0.717, 1.165) is 39.3 Å². The van der Waals surface area contributed by atoms with Gasteiger partial charge in [0.1, 0.15) is 6.61 Å². The summed E-state index contributed by atoms with van der Waals surface area (Å²) < 4.78 is 7.55. The summed E-state index contributed by atoms with van der Waals surface area (Å²) in [5.74, 6) is 1.04.